The Kier molecular flexibility index (Phi) is 3.10. The molecule has 0 aliphatic rings. The third kappa shape index (κ3) is 2.02. The predicted octanol–water partition coefficient (Wildman–Crippen LogP) is 3.46. The number of carbonyl (C=O) groups excluding carboxylic acids is 1. The van der Waals surface area contributed by atoms with Gasteiger partial charge in [0.25, 0.3) is 0 Å². The first-order chi connectivity index (χ1) is 9.58. The molecule has 20 heavy (non-hydrogen) atoms. The van der Waals surface area contributed by atoms with Crippen LogP contribution in [0.2, 0.25) is 0 Å². The van der Waals surface area contributed by atoms with Gasteiger partial charge in [0.15, 0.2) is 5.78 Å². The average molecular weight is 289 g/mol. The molecule has 102 valence electrons. The number of nitrogens with zero attached hydrogens (tertiary/aromatic N) is 3. The number of halogens is 1. The van der Waals surface area contributed by atoms with Crippen LogP contribution >= 0.6 is 11.3 Å². The maximum Gasteiger partial charge on any atom is 0.167 e. The Balaban J connectivity index is 2.30. The Labute approximate surface area is 118 Å². The molecule has 0 radical (unpaired) electrons. The van der Waals surface area contributed by atoms with Crippen LogP contribution in [0.15, 0.2) is 29.4 Å². The van der Waals surface area contributed by atoms with Gasteiger partial charge in [0.2, 0.25) is 0 Å². The molecule has 0 bridgehead atoms. The molecule has 6 heteroatoms. The highest BCUT2D eigenvalue weighted by atomic mass is 32.1. The molecule has 3 aromatic rings. The van der Waals surface area contributed by atoms with Gasteiger partial charge in [-0.05, 0) is 6.07 Å². The molecule has 0 saturated carbocycles. The summed E-state index contributed by atoms with van der Waals surface area (Å²) < 4.78 is 15.2. The van der Waals surface area contributed by atoms with E-state index in [1.54, 1.807) is 16.3 Å². The van der Waals surface area contributed by atoms with Crippen LogP contribution in [-0.4, -0.2) is 20.3 Å². The van der Waals surface area contributed by atoms with E-state index in [9.17, 15) is 9.18 Å². The van der Waals surface area contributed by atoms with E-state index in [-0.39, 0.29) is 11.7 Å². The molecule has 0 spiro atoms. The SMILES string of the molecule is CC(C)C(=O)c1cn(-c2cscn2)c2ncc(F)cc12. The summed E-state index contributed by atoms with van der Waals surface area (Å²) in [5, 5.41) is 2.38. The smallest absolute Gasteiger partial charge is 0.167 e. The van der Waals surface area contributed by atoms with Crippen LogP contribution in [-0.2, 0) is 0 Å². The Hall–Kier alpha value is -2.08. The number of aromatic nitrogens is 3. The maximum absolute atomic E-state index is 13.4. The number of rotatable bonds is 3. The van der Waals surface area contributed by atoms with Crippen molar-refractivity contribution in [2.45, 2.75) is 13.8 Å². The average Bonchev–Trinajstić information content (AvgIpc) is 3.03. The largest absolute Gasteiger partial charge is 0.294 e. The highest BCUT2D eigenvalue weighted by molar-refractivity contribution is 7.07. The third-order valence-electron chi connectivity index (χ3n) is 3.07. The van der Waals surface area contributed by atoms with E-state index in [0.29, 0.717) is 22.4 Å². The highest BCUT2D eigenvalue weighted by Gasteiger charge is 2.20. The lowest BCUT2D eigenvalue weighted by Gasteiger charge is -2.01. The van der Waals surface area contributed by atoms with Crippen LogP contribution in [0.4, 0.5) is 4.39 Å². The van der Waals surface area contributed by atoms with E-state index >= 15 is 0 Å². The van der Waals surface area contributed by atoms with Gasteiger partial charge in [0.05, 0.1) is 11.7 Å². The molecule has 0 N–H and O–H groups in total. The number of fused-ring (bicyclic) bond motifs is 1. The summed E-state index contributed by atoms with van der Waals surface area (Å²) in [6.45, 7) is 3.64. The van der Waals surface area contributed by atoms with Gasteiger partial charge >= 0.3 is 0 Å². The van der Waals surface area contributed by atoms with E-state index in [1.165, 1.54) is 17.4 Å². The Morgan fingerprint density at radius 1 is 1.40 bits per heavy atom. The zero-order chi connectivity index (χ0) is 14.3. The van der Waals surface area contributed by atoms with Gasteiger partial charge in [-0.2, -0.15) is 0 Å². The lowest BCUT2D eigenvalue weighted by Crippen LogP contribution is -2.06. The van der Waals surface area contributed by atoms with Crippen molar-refractivity contribution in [1.29, 1.82) is 0 Å². The van der Waals surface area contributed by atoms with Crippen molar-refractivity contribution in [3.05, 3.63) is 40.7 Å². The molecular weight excluding hydrogens is 277 g/mol. The second-order valence-corrected chi connectivity index (χ2v) is 5.52. The van der Waals surface area contributed by atoms with Crippen LogP contribution in [0, 0.1) is 11.7 Å². The van der Waals surface area contributed by atoms with Crippen molar-refractivity contribution in [2.24, 2.45) is 5.92 Å². The lowest BCUT2D eigenvalue weighted by molar-refractivity contribution is 0.0941. The number of hydrogen-bond acceptors (Lipinski definition) is 4. The number of Topliss-reactive ketones (excluding diaryl/α,β-unsaturated/α-hetero) is 1. The summed E-state index contributed by atoms with van der Waals surface area (Å²) in [6, 6.07) is 1.35. The van der Waals surface area contributed by atoms with E-state index in [2.05, 4.69) is 9.97 Å². The van der Waals surface area contributed by atoms with Gasteiger partial charge in [-0.1, -0.05) is 13.8 Å². The summed E-state index contributed by atoms with van der Waals surface area (Å²) in [5.41, 5.74) is 2.73. The fourth-order valence-corrected chi connectivity index (χ4v) is 2.61. The summed E-state index contributed by atoms with van der Waals surface area (Å²) >= 11 is 1.45. The van der Waals surface area contributed by atoms with E-state index in [1.807, 2.05) is 19.2 Å². The standard InChI is InChI=1S/C14H12FN3OS/c1-8(2)13(19)11-5-18(12-6-20-7-17-12)14-10(11)3-9(15)4-16-14/h3-8H,1-2H3. The number of hydrogen-bond donors (Lipinski definition) is 0. The van der Waals surface area contributed by atoms with Crippen molar-refractivity contribution in [2.75, 3.05) is 0 Å². The van der Waals surface area contributed by atoms with Crippen LogP contribution in [0.1, 0.15) is 24.2 Å². The van der Waals surface area contributed by atoms with Crippen LogP contribution in [0.5, 0.6) is 0 Å². The van der Waals surface area contributed by atoms with Gasteiger partial charge < -0.3 is 0 Å². The molecule has 0 aromatic carbocycles. The zero-order valence-electron chi connectivity index (χ0n) is 11.0. The summed E-state index contributed by atoms with van der Waals surface area (Å²) in [4.78, 5) is 20.6. The molecule has 0 atom stereocenters. The molecule has 0 amide bonds. The van der Waals surface area contributed by atoms with Crippen LogP contribution in [0.3, 0.4) is 0 Å². The molecule has 0 unspecified atom stereocenters. The highest BCUT2D eigenvalue weighted by Crippen LogP contribution is 2.26. The Morgan fingerprint density at radius 2 is 2.20 bits per heavy atom. The minimum atomic E-state index is -0.452. The molecule has 4 nitrogen and oxygen atoms in total. The quantitative estimate of drug-likeness (QED) is 0.694. The van der Waals surface area contributed by atoms with Gasteiger partial charge in [0, 0.05) is 28.4 Å². The zero-order valence-corrected chi connectivity index (χ0v) is 11.8. The summed E-state index contributed by atoms with van der Waals surface area (Å²) in [7, 11) is 0. The first-order valence-electron chi connectivity index (χ1n) is 6.17. The topological polar surface area (TPSA) is 47.8 Å². The van der Waals surface area contributed by atoms with Crippen LogP contribution in [0.25, 0.3) is 16.9 Å². The van der Waals surface area contributed by atoms with E-state index in [0.717, 1.165) is 6.20 Å². The van der Waals surface area contributed by atoms with Gasteiger partial charge in [-0.15, -0.1) is 11.3 Å². The minimum absolute atomic E-state index is 0.0311. The Morgan fingerprint density at radius 3 is 2.85 bits per heavy atom. The molecule has 0 saturated heterocycles. The van der Waals surface area contributed by atoms with E-state index < -0.39 is 5.82 Å². The number of pyridine rings is 1. The van der Waals surface area contributed by atoms with Gasteiger partial charge in [0.1, 0.15) is 17.3 Å². The third-order valence-corrected chi connectivity index (χ3v) is 3.64. The monoisotopic (exact) mass is 289 g/mol. The van der Waals surface area contributed by atoms with Crippen molar-refractivity contribution in [1.82, 2.24) is 14.5 Å². The number of thiazole rings is 1. The summed E-state index contributed by atoms with van der Waals surface area (Å²) in [6.07, 6.45) is 2.84. The minimum Gasteiger partial charge on any atom is -0.294 e. The van der Waals surface area contributed by atoms with Gasteiger partial charge in [-0.3, -0.25) is 9.36 Å². The molecule has 3 aromatic heterocycles. The second kappa shape index (κ2) is 4.79. The van der Waals surface area contributed by atoms with Crippen molar-refractivity contribution < 1.29 is 9.18 Å². The lowest BCUT2D eigenvalue weighted by atomic mass is 10.0. The first kappa shape index (κ1) is 12.9. The number of carbonyl (C=O) groups is 1. The first-order valence-corrected chi connectivity index (χ1v) is 7.11. The normalized spacial score (nSPS) is 11.4. The van der Waals surface area contributed by atoms with Crippen LogP contribution < -0.4 is 0 Å². The molecule has 3 heterocycles. The maximum atomic E-state index is 13.4. The fourth-order valence-electron chi connectivity index (χ4n) is 2.09. The van der Waals surface area contributed by atoms with Crippen molar-refractivity contribution >= 4 is 28.2 Å². The molecule has 3 rings (SSSR count). The second-order valence-electron chi connectivity index (χ2n) is 4.80. The van der Waals surface area contributed by atoms with Crippen molar-refractivity contribution in [3.63, 3.8) is 0 Å². The molecular formula is C14H12FN3OS. The molecule has 0 aliphatic heterocycles. The number of ketones is 1. The van der Waals surface area contributed by atoms with Crippen molar-refractivity contribution in [3.8, 4) is 5.82 Å². The van der Waals surface area contributed by atoms with Gasteiger partial charge in [-0.25, -0.2) is 14.4 Å². The predicted molar refractivity (Wildman–Crippen MR) is 75.9 cm³/mol. The Bertz CT molecular complexity index is 777. The molecule has 0 fully saturated rings. The van der Waals surface area contributed by atoms with E-state index in [4.69, 9.17) is 0 Å². The molecule has 0 aliphatic carbocycles. The summed E-state index contributed by atoms with van der Waals surface area (Å²) in [5.74, 6) is 0.0392. The fraction of sp³-hybridized carbons (Fsp3) is 0.214.